The van der Waals surface area contributed by atoms with Gasteiger partial charge < -0.3 is 10.1 Å². The van der Waals surface area contributed by atoms with Crippen LogP contribution in [0.5, 0.6) is 5.75 Å². The van der Waals surface area contributed by atoms with E-state index in [0.717, 1.165) is 16.9 Å². The van der Waals surface area contributed by atoms with E-state index in [4.69, 9.17) is 4.74 Å². The Hall–Kier alpha value is -3.08. The van der Waals surface area contributed by atoms with Gasteiger partial charge in [0.05, 0.1) is 11.8 Å². The van der Waals surface area contributed by atoms with Gasteiger partial charge in [0.25, 0.3) is 5.91 Å². The first kappa shape index (κ1) is 15.8. The van der Waals surface area contributed by atoms with Crippen molar-refractivity contribution in [3.63, 3.8) is 0 Å². The zero-order chi connectivity index (χ0) is 16.8. The average molecular weight is 321 g/mol. The van der Waals surface area contributed by atoms with Gasteiger partial charge in [0, 0.05) is 19.8 Å². The van der Waals surface area contributed by atoms with Crippen LogP contribution in [0.3, 0.4) is 0 Å². The number of carbonyl (C=O) groups excluding carboxylic acids is 1. The van der Waals surface area contributed by atoms with Crippen molar-refractivity contribution >= 4 is 5.91 Å². The second-order valence-electron chi connectivity index (χ2n) is 5.51. The molecule has 3 rings (SSSR count). The Bertz CT molecular complexity index is 812. The van der Waals surface area contributed by atoms with Gasteiger partial charge in [0.15, 0.2) is 0 Å². The SMILES string of the molecule is Cn1cc(C(=O)NCc2cccc(OCc3ccccc3)c2)cn1. The zero-order valence-corrected chi connectivity index (χ0v) is 13.5. The van der Waals surface area contributed by atoms with Crippen LogP contribution in [0, 0.1) is 0 Å². The molecular formula is C19H19N3O2. The highest BCUT2D eigenvalue weighted by Gasteiger charge is 2.07. The first-order valence-electron chi connectivity index (χ1n) is 7.73. The summed E-state index contributed by atoms with van der Waals surface area (Å²) in [6, 6.07) is 17.7. The molecule has 1 amide bonds. The predicted molar refractivity (Wildman–Crippen MR) is 91.6 cm³/mol. The molecule has 0 saturated heterocycles. The lowest BCUT2D eigenvalue weighted by Gasteiger charge is -2.09. The minimum Gasteiger partial charge on any atom is -0.489 e. The fourth-order valence-electron chi connectivity index (χ4n) is 2.31. The maximum atomic E-state index is 12.0. The predicted octanol–water partition coefficient (Wildman–Crippen LogP) is 2.93. The molecule has 0 fully saturated rings. The van der Waals surface area contributed by atoms with Crippen molar-refractivity contribution < 1.29 is 9.53 Å². The van der Waals surface area contributed by atoms with Crippen molar-refractivity contribution in [2.45, 2.75) is 13.2 Å². The van der Waals surface area contributed by atoms with E-state index in [1.54, 1.807) is 24.1 Å². The van der Waals surface area contributed by atoms with Crippen LogP contribution in [0.2, 0.25) is 0 Å². The molecule has 0 saturated carbocycles. The van der Waals surface area contributed by atoms with Crippen LogP contribution in [-0.2, 0) is 20.2 Å². The third-order valence-corrected chi connectivity index (χ3v) is 3.57. The van der Waals surface area contributed by atoms with Crippen molar-refractivity contribution in [1.82, 2.24) is 15.1 Å². The van der Waals surface area contributed by atoms with Crippen LogP contribution >= 0.6 is 0 Å². The van der Waals surface area contributed by atoms with Gasteiger partial charge >= 0.3 is 0 Å². The molecule has 2 aromatic carbocycles. The third-order valence-electron chi connectivity index (χ3n) is 3.57. The molecule has 1 heterocycles. The lowest BCUT2D eigenvalue weighted by molar-refractivity contribution is 0.0951. The molecule has 5 nitrogen and oxygen atoms in total. The van der Waals surface area contributed by atoms with E-state index in [9.17, 15) is 4.79 Å². The van der Waals surface area contributed by atoms with Gasteiger partial charge in [0.1, 0.15) is 12.4 Å². The van der Waals surface area contributed by atoms with Crippen LogP contribution < -0.4 is 10.1 Å². The lowest BCUT2D eigenvalue weighted by Crippen LogP contribution is -2.22. The van der Waals surface area contributed by atoms with Crippen molar-refractivity contribution in [2.24, 2.45) is 7.05 Å². The summed E-state index contributed by atoms with van der Waals surface area (Å²) in [6.07, 6.45) is 3.24. The Morgan fingerprint density at radius 3 is 2.67 bits per heavy atom. The second-order valence-corrected chi connectivity index (χ2v) is 5.51. The molecule has 1 N–H and O–H groups in total. The van der Waals surface area contributed by atoms with Crippen LogP contribution in [0.4, 0.5) is 0 Å². The minimum atomic E-state index is -0.140. The van der Waals surface area contributed by atoms with Gasteiger partial charge in [-0.1, -0.05) is 42.5 Å². The average Bonchev–Trinajstić information content (AvgIpc) is 3.06. The number of rotatable bonds is 6. The summed E-state index contributed by atoms with van der Waals surface area (Å²) in [5.74, 6) is 0.644. The summed E-state index contributed by atoms with van der Waals surface area (Å²) in [7, 11) is 1.78. The fraction of sp³-hybridized carbons (Fsp3) is 0.158. The summed E-state index contributed by atoms with van der Waals surface area (Å²) in [4.78, 5) is 12.0. The maximum absolute atomic E-state index is 12.0. The molecule has 0 bridgehead atoms. The third kappa shape index (κ3) is 4.23. The van der Waals surface area contributed by atoms with Crippen LogP contribution in [0.1, 0.15) is 21.5 Å². The van der Waals surface area contributed by atoms with Crippen LogP contribution in [0.25, 0.3) is 0 Å². The van der Waals surface area contributed by atoms with Gasteiger partial charge in [-0.2, -0.15) is 5.10 Å². The van der Waals surface area contributed by atoms with E-state index < -0.39 is 0 Å². The topological polar surface area (TPSA) is 56.2 Å². The number of ether oxygens (including phenoxy) is 1. The van der Waals surface area contributed by atoms with Crippen molar-refractivity contribution in [2.75, 3.05) is 0 Å². The molecule has 122 valence electrons. The summed E-state index contributed by atoms with van der Waals surface area (Å²) >= 11 is 0. The lowest BCUT2D eigenvalue weighted by atomic mass is 10.2. The molecule has 3 aromatic rings. The Labute approximate surface area is 140 Å². The summed E-state index contributed by atoms with van der Waals surface area (Å²) in [5.41, 5.74) is 2.65. The number of nitrogens with one attached hydrogen (secondary N) is 1. The molecule has 0 atom stereocenters. The maximum Gasteiger partial charge on any atom is 0.254 e. The molecule has 0 aliphatic rings. The molecule has 0 unspecified atom stereocenters. The molecule has 0 aliphatic carbocycles. The number of carbonyl (C=O) groups is 1. The Morgan fingerprint density at radius 1 is 1.12 bits per heavy atom. The van der Waals surface area contributed by atoms with Gasteiger partial charge in [-0.05, 0) is 23.3 Å². The summed E-state index contributed by atoms with van der Waals surface area (Å²) in [6.45, 7) is 0.961. The normalized spacial score (nSPS) is 10.4. The summed E-state index contributed by atoms with van der Waals surface area (Å²) in [5, 5.41) is 6.88. The molecule has 0 radical (unpaired) electrons. The van der Waals surface area contributed by atoms with Crippen LogP contribution in [-0.4, -0.2) is 15.7 Å². The van der Waals surface area contributed by atoms with E-state index in [-0.39, 0.29) is 5.91 Å². The molecule has 0 aliphatic heterocycles. The molecule has 1 aromatic heterocycles. The molecule has 5 heteroatoms. The first-order chi connectivity index (χ1) is 11.7. The van der Waals surface area contributed by atoms with Crippen molar-refractivity contribution in [1.29, 1.82) is 0 Å². The Kier molecular flexibility index (Phi) is 4.91. The highest BCUT2D eigenvalue weighted by atomic mass is 16.5. The van der Waals surface area contributed by atoms with E-state index in [0.29, 0.717) is 18.7 Å². The zero-order valence-electron chi connectivity index (χ0n) is 13.5. The number of aromatic nitrogens is 2. The molecule has 0 spiro atoms. The fourth-order valence-corrected chi connectivity index (χ4v) is 2.31. The minimum absolute atomic E-state index is 0.140. The standard InChI is InChI=1S/C19H19N3O2/c1-22-13-17(12-21-22)19(23)20-11-16-8-5-9-18(10-16)24-14-15-6-3-2-4-7-15/h2-10,12-13H,11,14H2,1H3,(H,20,23). The van der Waals surface area contributed by atoms with Gasteiger partial charge in [-0.15, -0.1) is 0 Å². The number of nitrogens with zero attached hydrogens (tertiary/aromatic N) is 2. The Balaban J connectivity index is 1.56. The van der Waals surface area contributed by atoms with E-state index in [2.05, 4.69) is 10.4 Å². The quantitative estimate of drug-likeness (QED) is 0.759. The number of amides is 1. The highest BCUT2D eigenvalue weighted by Crippen LogP contribution is 2.15. The van der Waals surface area contributed by atoms with E-state index in [1.165, 1.54) is 0 Å². The number of benzene rings is 2. The number of aryl methyl sites for hydroxylation is 1. The second kappa shape index (κ2) is 7.46. The number of hydrogen-bond donors (Lipinski definition) is 1. The van der Waals surface area contributed by atoms with Gasteiger partial charge in [-0.25, -0.2) is 0 Å². The smallest absolute Gasteiger partial charge is 0.254 e. The first-order valence-corrected chi connectivity index (χ1v) is 7.73. The molecule has 24 heavy (non-hydrogen) atoms. The van der Waals surface area contributed by atoms with Crippen molar-refractivity contribution in [3.05, 3.63) is 83.7 Å². The summed E-state index contributed by atoms with van der Waals surface area (Å²) < 4.78 is 7.41. The molecular weight excluding hydrogens is 302 g/mol. The monoisotopic (exact) mass is 321 g/mol. The Morgan fingerprint density at radius 2 is 1.92 bits per heavy atom. The largest absolute Gasteiger partial charge is 0.489 e. The van der Waals surface area contributed by atoms with E-state index in [1.807, 2.05) is 54.6 Å². The van der Waals surface area contributed by atoms with Gasteiger partial charge in [-0.3, -0.25) is 9.48 Å². The van der Waals surface area contributed by atoms with Crippen molar-refractivity contribution in [3.8, 4) is 5.75 Å². The van der Waals surface area contributed by atoms with Crippen LogP contribution in [0.15, 0.2) is 67.0 Å². The van der Waals surface area contributed by atoms with Gasteiger partial charge in [0.2, 0.25) is 0 Å². The highest BCUT2D eigenvalue weighted by molar-refractivity contribution is 5.93. The number of hydrogen-bond acceptors (Lipinski definition) is 3. The van der Waals surface area contributed by atoms with E-state index >= 15 is 0 Å².